The Morgan fingerprint density at radius 3 is 2.65 bits per heavy atom. The maximum atomic E-state index is 3.74. The van der Waals surface area contributed by atoms with Gasteiger partial charge in [0.1, 0.15) is 0 Å². The Labute approximate surface area is 132 Å². The lowest BCUT2D eigenvalue weighted by Gasteiger charge is -2.27. The van der Waals surface area contributed by atoms with E-state index in [9.17, 15) is 0 Å². The Balaban J connectivity index is 1.99. The summed E-state index contributed by atoms with van der Waals surface area (Å²) in [6.45, 7) is 11.0. The lowest BCUT2D eigenvalue weighted by Crippen LogP contribution is -2.32. The summed E-state index contributed by atoms with van der Waals surface area (Å²) in [5.74, 6) is 0.948. The molecule has 1 saturated carbocycles. The van der Waals surface area contributed by atoms with Crippen molar-refractivity contribution in [3.8, 4) is 0 Å². The molecular weight excluding hydrogens is 312 g/mol. The van der Waals surface area contributed by atoms with E-state index in [1.54, 1.807) is 0 Å². The fourth-order valence-corrected chi connectivity index (χ4v) is 2.96. The van der Waals surface area contributed by atoms with Crippen molar-refractivity contribution in [3.05, 3.63) is 33.8 Å². The molecule has 0 aliphatic heterocycles. The third kappa shape index (κ3) is 4.87. The molecule has 0 atom stereocenters. The van der Waals surface area contributed by atoms with Crippen molar-refractivity contribution in [1.29, 1.82) is 0 Å². The molecule has 1 aromatic carbocycles. The third-order valence-electron chi connectivity index (χ3n) is 3.99. The monoisotopic (exact) mass is 338 g/mol. The highest BCUT2D eigenvalue weighted by Crippen LogP contribution is 2.31. The number of benzene rings is 1. The fourth-order valence-electron chi connectivity index (χ4n) is 2.41. The van der Waals surface area contributed by atoms with Crippen LogP contribution in [0.3, 0.4) is 0 Å². The van der Waals surface area contributed by atoms with Gasteiger partial charge < -0.3 is 5.32 Å². The second-order valence-corrected chi connectivity index (χ2v) is 7.03. The molecule has 3 heteroatoms. The Kier molecular flexibility index (Phi) is 6.06. The molecule has 112 valence electrons. The maximum Gasteiger partial charge on any atom is 0.0247 e. The number of nitrogens with one attached hydrogen (secondary N) is 1. The van der Waals surface area contributed by atoms with Crippen LogP contribution in [0.2, 0.25) is 0 Å². The Morgan fingerprint density at radius 2 is 2.10 bits per heavy atom. The first-order valence-corrected chi connectivity index (χ1v) is 8.61. The van der Waals surface area contributed by atoms with E-state index in [4.69, 9.17) is 0 Å². The highest BCUT2D eigenvalue weighted by atomic mass is 79.9. The van der Waals surface area contributed by atoms with Crippen LogP contribution in [0.5, 0.6) is 0 Å². The van der Waals surface area contributed by atoms with Gasteiger partial charge in [0, 0.05) is 30.1 Å². The highest BCUT2D eigenvalue weighted by molar-refractivity contribution is 9.10. The van der Waals surface area contributed by atoms with Crippen molar-refractivity contribution in [1.82, 2.24) is 10.2 Å². The van der Waals surface area contributed by atoms with E-state index >= 15 is 0 Å². The molecule has 1 aliphatic carbocycles. The summed E-state index contributed by atoms with van der Waals surface area (Å²) in [6.07, 6.45) is 2.85. The van der Waals surface area contributed by atoms with Gasteiger partial charge in [0.05, 0.1) is 0 Å². The second-order valence-electron chi connectivity index (χ2n) is 6.17. The van der Waals surface area contributed by atoms with E-state index in [-0.39, 0.29) is 0 Å². The first kappa shape index (κ1) is 16.0. The van der Waals surface area contributed by atoms with E-state index in [0.29, 0.717) is 6.04 Å². The quantitative estimate of drug-likeness (QED) is 0.764. The van der Waals surface area contributed by atoms with Crippen molar-refractivity contribution in [2.45, 2.75) is 52.7 Å². The number of hydrogen-bond donors (Lipinski definition) is 1. The van der Waals surface area contributed by atoms with Crippen molar-refractivity contribution in [2.24, 2.45) is 5.92 Å². The number of nitrogens with zero attached hydrogens (tertiary/aromatic N) is 1. The largest absolute Gasteiger partial charge is 0.313 e. The Morgan fingerprint density at radius 1 is 1.35 bits per heavy atom. The van der Waals surface area contributed by atoms with Crippen molar-refractivity contribution < 1.29 is 0 Å². The molecule has 1 aliphatic rings. The van der Waals surface area contributed by atoms with Crippen molar-refractivity contribution >= 4 is 15.9 Å². The summed E-state index contributed by atoms with van der Waals surface area (Å²) in [6, 6.07) is 7.40. The molecule has 1 aromatic rings. The minimum absolute atomic E-state index is 0.615. The molecule has 0 aromatic heterocycles. The molecule has 0 heterocycles. The lowest BCUT2D eigenvalue weighted by molar-refractivity contribution is 0.203. The van der Waals surface area contributed by atoms with Crippen LogP contribution in [-0.4, -0.2) is 24.0 Å². The molecule has 0 bridgehead atoms. The molecular formula is C17H27BrN2. The summed E-state index contributed by atoms with van der Waals surface area (Å²) in [7, 11) is 0. The van der Waals surface area contributed by atoms with Gasteiger partial charge in [-0.15, -0.1) is 0 Å². The van der Waals surface area contributed by atoms with Crippen LogP contribution in [0.1, 0.15) is 44.7 Å². The van der Waals surface area contributed by atoms with Gasteiger partial charge in [-0.1, -0.05) is 35.0 Å². The normalized spacial score (nSPS) is 15.3. The molecule has 2 rings (SSSR count). The molecule has 1 fully saturated rings. The zero-order valence-corrected chi connectivity index (χ0v) is 14.5. The summed E-state index contributed by atoms with van der Waals surface area (Å²) < 4.78 is 1.24. The predicted octanol–water partition coefficient (Wildman–Crippen LogP) is 4.18. The van der Waals surface area contributed by atoms with E-state index in [0.717, 1.165) is 25.6 Å². The topological polar surface area (TPSA) is 15.3 Å². The number of hydrogen-bond acceptors (Lipinski definition) is 2. The molecule has 0 radical (unpaired) electrons. The van der Waals surface area contributed by atoms with Gasteiger partial charge in [-0.25, -0.2) is 0 Å². The second kappa shape index (κ2) is 7.58. The van der Waals surface area contributed by atoms with Crippen LogP contribution < -0.4 is 5.32 Å². The van der Waals surface area contributed by atoms with Crippen molar-refractivity contribution in [3.63, 3.8) is 0 Å². The summed E-state index contributed by atoms with van der Waals surface area (Å²) in [5.41, 5.74) is 2.75. The van der Waals surface area contributed by atoms with Gasteiger partial charge in [-0.2, -0.15) is 0 Å². The first-order chi connectivity index (χ1) is 9.60. The van der Waals surface area contributed by atoms with Crippen LogP contribution in [0, 0.1) is 5.92 Å². The zero-order chi connectivity index (χ0) is 14.5. The predicted molar refractivity (Wildman–Crippen MR) is 89.8 cm³/mol. The average molecular weight is 339 g/mol. The van der Waals surface area contributed by atoms with Gasteiger partial charge in [0.2, 0.25) is 0 Å². The van der Waals surface area contributed by atoms with E-state index < -0.39 is 0 Å². The standard InChI is InChI=1S/C17H27BrN2/c1-4-19-10-15-7-8-16(17(18)9-15)12-20(13(2)3)11-14-5-6-14/h7-9,13-14,19H,4-6,10-12H2,1-3H3. The molecule has 2 nitrogen and oxygen atoms in total. The zero-order valence-electron chi connectivity index (χ0n) is 13.0. The SMILES string of the molecule is CCNCc1ccc(CN(CC2CC2)C(C)C)c(Br)c1. The smallest absolute Gasteiger partial charge is 0.0247 e. The molecule has 0 saturated heterocycles. The van der Waals surface area contributed by atoms with Crippen LogP contribution in [0.25, 0.3) is 0 Å². The van der Waals surface area contributed by atoms with Crippen LogP contribution in [0.4, 0.5) is 0 Å². The summed E-state index contributed by atoms with van der Waals surface area (Å²) in [4.78, 5) is 2.60. The van der Waals surface area contributed by atoms with E-state index in [1.165, 1.54) is 35.0 Å². The fraction of sp³-hybridized carbons (Fsp3) is 0.647. The Bertz CT molecular complexity index is 427. The minimum Gasteiger partial charge on any atom is -0.313 e. The third-order valence-corrected chi connectivity index (χ3v) is 4.73. The van der Waals surface area contributed by atoms with Crippen molar-refractivity contribution in [2.75, 3.05) is 13.1 Å². The van der Waals surface area contributed by atoms with Gasteiger partial charge in [-0.3, -0.25) is 4.90 Å². The number of halogens is 1. The van der Waals surface area contributed by atoms with Crippen LogP contribution in [0.15, 0.2) is 22.7 Å². The highest BCUT2D eigenvalue weighted by Gasteiger charge is 2.25. The Hall–Kier alpha value is -0.380. The molecule has 0 unspecified atom stereocenters. The van der Waals surface area contributed by atoms with Crippen LogP contribution >= 0.6 is 15.9 Å². The van der Waals surface area contributed by atoms with Crippen LogP contribution in [-0.2, 0) is 13.1 Å². The van der Waals surface area contributed by atoms with Gasteiger partial charge in [0.25, 0.3) is 0 Å². The molecule has 20 heavy (non-hydrogen) atoms. The van der Waals surface area contributed by atoms with Gasteiger partial charge in [0.15, 0.2) is 0 Å². The van der Waals surface area contributed by atoms with E-state index in [2.05, 4.69) is 65.1 Å². The average Bonchev–Trinajstić information content (AvgIpc) is 3.22. The first-order valence-electron chi connectivity index (χ1n) is 7.82. The molecule has 1 N–H and O–H groups in total. The maximum absolute atomic E-state index is 3.74. The summed E-state index contributed by atoms with van der Waals surface area (Å²) in [5, 5.41) is 3.37. The summed E-state index contributed by atoms with van der Waals surface area (Å²) >= 11 is 3.74. The molecule has 0 spiro atoms. The van der Waals surface area contributed by atoms with E-state index in [1.807, 2.05) is 0 Å². The van der Waals surface area contributed by atoms with Gasteiger partial charge >= 0.3 is 0 Å². The van der Waals surface area contributed by atoms with Gasteiger partial charge in [-0.05, 0) is 56.3 Å². The molecule has 0 amide bonds. The lowest BCUT2D eigenvalue weighted by atomic mass is 10.1. The minimum atomic E-state index is 0.615. The number of rotatable bonds is 8.